The summed E-state index contributed by atoms with van der Waals surface area (Å²) in [6, 6.07) is 0. The first kappa shape index (κ1) is 13.1. The lowest BCUT2D eigenvalue weighted by Crippen LogP contribution is -2.21. The Balaban J connectivity index is 2.72. The second-order valence-corrected chi connectivity index (χ2v) is 4.67. The third-order valence-electron chi connectivity index (χ3n) is 2.64. The van der Waals surface area contributed by atoms with Gasteiger partial charge in [-0.05, 0) is 26.3 Å². The van der Waals surface area contributed by atoms with Crippen LogP contribution < -0.4 is 5.32 Å². The molecule has 0 spiro atoms. The average molecular weight is 221 g/mol. The summed E-state index contributed by atoms with van der Waals surface area (Å²) < 4.78 is 0. The van der Waals surface area contributed by atoms with Crippen molar-refractivity contribution in [3.63, 3.8) is 0 Å². The molecule has 1 N–H and O–H groups in total. The predicted molar refractivity (Wildman–Crippen MR) is 67.4 cm³/mol. The van der Waals surface area contributed by atoms with Crippen LogP contribution in [0.1, 0.15) is 43.5 Å². The minimum atomic E-state index is 0.677. The van der Waals surface area contributed by atoms with Gasteiger partial charge >= 0.3 is 0 Å². The van der Waals surface area contributed by atoms with E-state index in [0.29, 0.717) is 5.92 Å². The molecule has 16 heavy (non-hydrogen) atoms. The van der Waals surface area contributed by atoms with Crippen molar-refractivity contribution in [3.8, 4) is 0 Å². The van der Waals surface area contributed by atoms with Crippen molar-refractivity contribution in [3.05, 3.63) is 22.8 Å². The lowest BCUT2D eigenvalue weighted by Gasteiger charge is -2.12. The number of nitrogens with one attached hydrogen (secondary N) is 1. The molecular formula is C13H23N3. The Labute approximate surface area is 98.7 Å². The quantitative estimate of drug-likeness (QED) is 0.829. The standard InChI is InChI=1S/C13H23N3/c1-6-13-15-10(4)12(11(5)16-13)8-14-7-9(2)3/h9,14H,6-8H2,1-5H3. The van der Waals surface area contributed by atoms with E-state index in [2.05, 4.69) is 49.9 Å². The minimum Gasteiger partial charge on any atom is -0.312 e. The first-order valence-corrected chi connectivity index (χ1v) is 6.08. The number of rotatable bonds is 5. The van der Waals surface area contributed by atoms with Crippen molar-refractivity contribution < 1.29 is 0 Å². The van der Waals surface area contributed by atoms with Crippen LogP contribution in [0.2, 0.25) is 0 Å². The maximum atomic E-state index is 4.50. The number of aromatic nitrogens is 2. The molecule has 0 unspecified atom stereocenters. The van der Waals surface area contributed by atoms with Gasteiger partial charge in [0.25, 0.3) is 0 Å². The molecular weight excluding hydrogens is 198 g/mol. The molecule has 0 aliphatic carbocycles. The Hall–Kier alpha value is -0.960. The zero-order valence-corrected chi connectivity index (χ0v) is 11.1. The summed E-state index contributed by atoms with van der Waals surface area (Å²) >= 11 is 0. The van der Waals surface area contributed by atoms with E-state index < -0.39 is 0 Å². The van der Waals surface area contributed by atoms with E-state index in [1.54, 1.807) is 0 Å². The summed E-state index contributed by atoms with van der Waals surface area (Å²) in [5.41, 5.74) is 3.47. The van der Waals surface area contributed by atoms with E-state index in [9.17, 15) is 0 Å². The molecule has 1 heterocycles. The van der Waals surface area contributed by atoms with E-state index >= 15 is 0 Å². The van der Waals surface area contributed by atoms with E-state index in [4.69, 9.17) is 0 Å². The van der Waals surface area contributed by atoms with Gasteiger partial charge in [-0.2, -0.15) is 0 Å². The lowest BCUT2D eigenvalue weighted by molar-refractivity contribution is 0.548. The van der Waals surface area contributed by atoms with Crippen LogP contribution in [-0.4, -0.2) is 16.5 Å². The Morgan fingerprint density at radius 1 is 1.12 bits per heavy atom. The summed E-state index contributed by atoms with van der Waals surface area (Å²) in [6.07, 6.45) is 0.904. The van der Waals surface area contributed by atoms with Crippen LogP contribution in [0.15, 0.2) is 0 Å². The highest BCUT2D eigenvalue weighted by Crippen LogP contribution is 2.10. The van der Waals surface area contributed by atoms with Gasteiger partial charge in [0.15, 0.2) is 0 Å². The Morgan fingerprint density at radius 2 is 1.69 bits per heavy atom. The van der Waals surface area contributed by atoms with Gasteiger partial charge in [-0.15, -0.1) is 0 Å². The van der Waals surface area contributed by atoms with Crippen molar-refractivity contribution in [2.45, 2.75) is 47.6 Å². The normalized spacial score (nSPS) is 11.1. The van der Waals surface area contributed by atoms with Gasteiger partial charge in [-0.3, -0.25) is 0 Å². The molecule has 90 valence electrons. The molecule has 3 heteroatoms. The van der Waals surface area contributed by atoms with Crippen LogP contribution in [0.3, 0.4) is 0 Å². The van der Waals surface area contributed by atoms with Crippen molar-refractivity contribution in [1.82, 2.24) is 15.3 Å². The molecule has 0 atom stereocenters. The summed E-state index contributed by atoms with van der Waals surface area (Å²) in [5.74, 6) is 1.62. The van der Waals surface area contributed by atoms with Crippen molar-refractivity contribution in [2.75, 3.05) is 6.54 Å². The summed E-state index contributed by atoms with van der Waals surface area (Å²) in [4.78, 5) is 9.00. The number of hydrogen-bond donors (Lipinski definition) is 1. The molecule has 1 aromatic heterocycles. The second kappa shape index (κ2) is 5.94. The van der Waals surface area contributed by atoms with Crippen LogP contribution in [-0.2, 0) is 13.0 Å². The molecule has 1 rings (SSSR count). The lowest BCUT2D eigenvalue weighted by atomic mass is 10.1. The molecule has 0 saturated heterocycles. The van der Waals surface area contributed by atoms with Crippen LogP contribution in [0.25, 0.3) is 0 Å². The van der Waals surface area contributed by atoms with Crippen LogP contribution >= 0.6 is 0 Å². The summed E-state index contributed by atoms with van der Waals surface area (Å²) in [6.45, 7) is 12.6. The van der Waals surface area contributed by atoms with E-state index in [-0.39, 0.29) is 0 Å². The molecule has 0 radical (unpaired) electrons. The highest BCUT2D eigenvalue weighted by Gasteiger charge is 2.07. The van der Waals surface area contributed by atoms with Crippen molar-refractivity contribution in [2.24, 2.45) is 5.92 Å². The molecule has 3 nitrogen and oxygen atoms in total. The first-order chi connectivity index (χ1) is 7.54. The monoisotopic (exact) mass is 221 g/mol. The van der Waals surface area contributed by atoms with Crippen LogP contribution in [0, 0.1) is 19.8 Å². The van der Waals surface area contributed by atoms with E-state index in [1.807, 2.05) is 0 Å². The smallest absolute Gasteiger partial charge is 0.128 e. The topological polar surface area (TPSA) is 37.8 Å². The van der Waals surface area contributed by atoms with Gasteiger partial charge in [0, 0.05) is 29.9 Å². The van der Waals surface area contributed by atoms with Gasteiger partial charge in [-0.25, -0.2) is 9.97 Å². The van der Waals surface area contributed by atoms with Gasteiger partial charge < -0.3 is 5.32 Å². The van der Waals surface area contributed by atoms with Crippen molar-refractivity contribution in [1.29, 1.82) is 0 Å². The van der Waals surface area contributed by atoms with Gasteiger partial charge in [-0.1, -0.05) is 20.8 Å². The van der Waals surface area contributed by atoms with Crippen LogP contribution in [0.5, 0.6) is 0 Å². The third kappa shape index (κ3) is 3.56. The average Bonchev–Trinajstić information content (AvgIpc) is 2.21. The summed E-state index contributed by atoms with van der Waals surface area (Å²) in [7, 11) is 0. The maximum Gasteiger partial charge on any atom is 0.128 e. The first-order valence-electron chi connectivity index (χ1n) is 6.08. The third-order valence-corrected chi connectivity index (χ3v) is 2.64. The number of hydrogen-bond acceptors (Lipinski definition) is 3. The molecule has 0 aromatic carbocycles. The van der Waals surface area contributed by atoms with E-state index in [1.165, 1.54) is 5.56 Å². The summed E-state index contributed by atoms with van der Waals surface area (Å²) in [5, 5.41) is 3.44. The zero-order valence-electron chi connectivity index (χ0n) is 11.1. The van der Waals surface area contributed by atoms with Crippen molar-refractivity contribution >= 4 is 0 Å². The molecule has 0 aliphatic heterocycles. The largest absolute Gasteiger partial charge is 0.312 e. The predicted octanol–water partition coefficient (Wildman–Crippen LogP) is 2.40. The zero-order chi connectivity index (χ0) is 12.1. The highest BCUT2D eigenvalue weighted by molar-refractivity contribution is 5.24. The maximum absolute atomic E-state index is 4.50. The van der Waals surface area contributed by atoms with E-state index in [0.717, 1.165) is 36.7 Å². The highest BCUT2D eigenvalue weighted by atomic mass is 14.9. The van der Waals surface area contributed by atoms with Crippen LogP contribution in [0.4, 0.5) is 0 Å². The molecule has 0 bridgehead atoms. The van der Waals surface area contributed by atoms with Gasteiger partial charge in [0.2, 0.25) is 0 Å². The Kier molecular flexibility index (Phi) is 4.87. The Bertz CT molecular complexity index is 322. The van der Waals surface area contributed by atoms with Gasteiger partial charge in [0.05, 0.1) is 0 Å². The minimum absolute atomic E-state index is 0.677. The molecule has 0 aliphatic rings. The number of nitrogens with zero attached hydrogens (tertiary/aromatic N) is 2. The van der Waals surface area contributed by atoms with Gasteiger partial charge in [0.1, 0.15) is 5.82 Å². The fourth-order valence-corrected chi connectivity index (χ4v) is 1.71. The second-order valence-electron chi connectivity index (χ2n) is 4.67. The Morgan fingerprint density at radius 3 is 2.12 bits per heavy atom. The molecule has 1 aromatic rings. The fraction of sp³-hybridized carbons (Fsp3) is 0.692. The SMILES string of the molecule is CCc1nc(C)c(CNCC(C)C)c(C)n1. The fourth-order valence-electron chi connectivity index (χ4n) is 1.71. The molecule has 0 saturated carbocycles. The molecule has 0 fully saturated rings. The number of aryl methyl sites for hydroxylation is 3. The molecule has 0 amide bonds.